The van der Waals surface area contributed by atoms with Crippen molar-refractivity contribution in [3.63, 3.8) is 0 Å². The van der Waals surface area contributed by atoms with E-state index in [0.29, 0.717) is 17.7 Å². The first kappa shape index (κ1) is 28.7. The fourth-order valence-electron chi connectivity index (χ4n) is 3.47. The lowest BCUT2D eigenvalue weighted by molar-refractivity contribution is -0.142. The van der Waals surface area contributed by atoms with Gasteiger partial charge >= 0.3 is 5.97 Å². The van der Waals surface area contributed by atoms with Crippen molar-refractivity contribution in [2.75, 3.05) is 18.6 Å². The first-order chi connectivity index (χ1) is 17.1. The number of nitrogens with two attached hydrogens (primary N) is 2. The van der Waals surface area contributed by atoms with Gasteiger partial charge in [-0.1, -0.05) is 18.2 Å². The molecule has 0 aliphatic heterocycles. The van der Waals surface area contributed by atoms with Crippen LogP contribution in [0.4, 0.5) is 0 Å². The number of hydrogen-bond donors (Lipinski definition) is 7. The van der Waals surface area contributed by atoms with E-state index in [1.807, 2.05) is 30.5 Å². The van der Waals surface area contributed by atoms with Crippen LogP contribution in [0.15, 0.2) is 30.5 Å². The van der Waals surface area contributed by atoms with Gasteiger partial charge in [-0.15, -0.1) is 0 Å². The zero-order valence-electron chi connectivity index (χ0n) is 19.9. The highest BCUT2D eigenvalue weighted by Crippen LogP contribution is 2.19. The predicted molar refractivity (Wildman–Crippen MR) is 136 cm³/mol. The van der Waals surface area contributed by atoms with Gasteiger partial charge in [0, 0.05) is 29.9 Å². The topological polar surface area (TPSA) is 209 Å². The largest absolute Gasteiger partial charge is 0.480 e. The van der Waals surface area contributed by atoms with Gasteiger partial charge in [0.05, 0.1) is 12.6 Å². The van der Waals surface area contributed by atoms with Crippen molar-refractivity contribution in [1.82, 2.24) is 20.9 Å². The molecule has 0 radical (unpaired) electrons. The lowest BCUT2D eigenvalue weighted by atomic mass is 10.0. The SMILES string of the molecule is CSCCC(N)C(=O)NCC(=O)NC(CCC(N)=O)C(=O)NC(Cc1c[nH]c2ccccc12)C(=O)O. The Hall–Kier alpha value is -3.58. The number of primary amides is 1. The van der Waals surface area contributed by atoms with Gasteiger partial charge in [-0.25, -0.2) is 4.79 Å². The van der Waals surface area contributed by atoms with Crippen molar-refractivity contribution in [3.05, 3.63) is 36.0 Å². The molecule has 0 aliphatic carbocycles. The molecule has 0 spiro atoms. The molecule has 0 saturated heterocycles. The minimum Gasteiger partial charge on any atom is -0.480 e. The molecule has 0 aliphatic rings. The van der Waals surface area contributed by atoms with E-state index in [9.17, 15) is 29.1 Å². The van der Waals surface area contributed by atoms with Crippen molar-refractivity contribution in [3.8, 4) is 0 Å². The first-order valence-electron chi connectivity index (χ1n) is 11.3. The number of rotatable bonds is 15. The second-order valence-corrected chi connectivity index (χ2v) is 9.18. The summed E-state index contributed by atoms with van der Waals surface area (Å²) in [6.07, 6.45) is 3.62. The third-order valence-electron chi connectivity index (χ3n) is 5.44. The van der Waals surface area contributed by atoms with Crippen LogP contribution in [0.3, 0.4) is 0 Å². The summed E-state index contributed by atoms with van der Waals surface area (Å²) in [6.45, 7) is -0.441. The number of nitrogens with one attached hydrogen (secondary N) is 4. The van der Waals surface area contributed by atoms with Crippen LogP contribution >= 0.6 is 11.8 Å². The van der Waals surface area contributed by atoms with Crippen LogP contribution in [0, 0.1) is 0 Å². The number of benzene rings is 1. The molecular formula is C23H32N6O6S. The van der Waals surface area contributed by atoms with Gasteiger partial charge < -0.3 is 37.5 Å². The maximum absolute atomic E-state index is 12.9. The molecule has 2 rings (SSSR count). The van der Waals surface area contributed by atoms with Gasteiger partial charge in [-0.2, -0.15) is 11.8 Å². The Morgan fingerprint density at radius 1 is 1.06 bits per heavy atom. The number of carboxylic acid groups (broad SMARTS) is 1. The Labute approximate surface area is 212 Å². The van der Waals surface area contributed by atoms with Crippen molar-refractivity contribution in [1.29, 1.82) is 0 Å². The van der Waals surface area contributed by atoms with Crippen molar-refractivity contribution in [2.24, 2.45) is 11.5 Å². The minimum atomic E-state index is -1.29. The highest BCUT2D eigenvalue weighted by Gasteiger charge is 2.28. The summed E-state index contributed by atoms with van der Waals surface area (Å²) < 4.78 is 0. The summed E-state index contributed by atoms with van der Waals surface area (Å²) in [7, 11) is 0. The quantitative estimate of drug-likeness (QED) is 0.158. The third kappa shape index (κ3) is 8.89. The molecule has 1 aromatic heterocycles. The molecule has 1 heterocycles. The zero-order valence-corrected chi connectivity index (χ0v) is 20.7. The predicted octanol–water partition coefficient (Wildman–Crippen LogP) is -0.773. The maximum Gasteiger partial charge on any atom is 0.326 e. The van der Waals surface area contributed by atoms with E-state index >= 15 is 0 Å². The van der Waals surface area contributed by atoms with Gasteiger partial charge in [0.2, 0.25) is 23.6 Å². The maximum atomic E-state index is 12.9. The second-order valence-electron chi connectivity index (χ2n) is 8.19. The number of thioether (sulfide) groups is 1. The molecule has 13 heteroatoms. The molecule has 9 N–H and O–H groups in total. The van der Waals surface area contributed by atoms with Gasteiger partial charge in [-0.3, -0.25) is 19.2 Å². The zero-order chi connectivity index (χ0) is 26.7. The van der Waals surface area contributed by atoms with E-state index < -0.39 is 54.3 Å². The molecule has 0 fully saturated rings. The molecule has 1 aromatic carbocycles. The summed E-state index contributed by atoms with van der Waals surface area (Å²) in [5.41, 5.74) is 12.5. The number of aromatic amines is 1. The van der Waals surface area contributed by atoms with Crippen LogP contribution in [0.25, 0.3) is 10.9 Å². The fraction of sp³-hybridized carbons (Fsp3) is 0.435. The molecule has 3 atom stereocenters. The van der Waals surface area contributed by atoms with E-state index in [0.717, 1.165) is 10.9 Å². The lowest BCUT2D eigenvalue weighted by Gasteiger charge is -2.21. The highest BCUT2D eigenvalue weighted by atomic mass is 32.2. The highest BCUT2D eigenvalue weighted by molar-refractivity contribution is 7.98. The molecule has 4 amide bonds. The van der Waals surface area contributed by atoms with E-state index in [2.05, 4.69) is 20.9 Å². The molecule has 36 heavy (non-hydrogen) atoms. The number of fused-ring (bicyclic) bond motifs is 1. The van der Waals surface area contributed by atoms with Crippen molar-refractivity contribution >= 4 is 52.3 Å². The van der Waals surface area contributed by atoms with E-state index in [1.165, 1.54) is 11.8 Å². The standard InChI is InChI=1S/C23H32N6O6S/c1-36-9-8-15(24)21(32)27-12-20(31)28-17(6-7-19(25)30)22(33)29-18(23(34)35)10-13-11-26-16-5-3-2-4-14(13)16/h2-5,11,15,17-18,26H,6-10,12,24H2,1H3,(H2,25,30)(H,27,32)(H,28,31)(H,29,33)(H,34,35). The summed E-state index contributed by atoms with van der Waals surface area (Å²) in [5, 5.41) is 17.8. The first-order valence-corrected chi connectivity index (χ1v) is 12.7. The molecule has 3 unspecified atom stereocenters. The fourth-order valence-corrected chi connectivity index (χ4v) is 3.96. The van der Waals surface area contributed by atoms with Gasteiger partial charge in [0.15, 0.2) is 0 Å². The molecule has 12 nitrogen and oxygen atoms in total. The molecular weight excluding hydrogens is 488 g/mol. The Morgan fingerprint density at radius 2 is 1.78 bits per heavy atom. The Balaban J connectivity index is 2.03. The summed E-state index contributed by atoms with van der Waals surface area (Å²) in [5.74, 6) is -3.28. The molecule has 0 saturated carbocycles. The van der Waals surface area contributed by atoms with Gasteiger partial charge in [-0.05, 0) is 36.5 Å². The average molecular weight is 521 g/mol. The van der Waals surface area contributed by atoms with Gasteiger partial charge in [0.1, 0.15) is 12.1 Å². The van der Waals surface area contributed by atoms with E-state index in [-0.39, 0.29) is 19.3 Å². The number of carbonyl (C=O) groups is 5. The number of aromatic nitrogens is 1. The van der Waals surface area contributed by atoms with Gasteiger partial charge in [0.25, 0.3) is 0 Å². The Bertz CT molecular complexity index is 1090. The number of hydrogen-bond acceptors (Lipinski definition) is 7. The number of aliphatic carboxylic acids is 1. The van der Waals surface area contributed by atoms with Crippen LogP contribution < -0.4 is 27.4 Å². The van der Waals surface area contributed by atoms with Crippen molar-refractivity contribution in [2.45, 2.75) is 43.8 Å². The third-order valence-corrected chi connectivity index (χ3v) is 6.08. The second kappa shape index (κ2) is 14.1. The summed E-state index contributed by atoms with van der Waals surface area (Å²) >= 11 is 1.53. The van der Waals surface area contributed by atoms with Crippen LogP contribution in [-0.4, -0.2) is 76.4 Å². The summed E-state index contributed by atoms with van der Waals surface area (Å²) in [6, 6.07) is 4.02. The number of H-pyrrole nitrogens is 1. The van der Waals surface area contributed by atoms with E-state index in [4.69, 9.17) is 11.5 Å². The minimum absolute atomic E-state index is 0.00837. The lowest BCUT2D eigenvalue weighted by Crippen LogP contribution is -2.54. The molecule has 2 aromatic rings. The molecule has 196 valence electrons. The Morgan fingerprint density at radius 3 is 2.44 bits per heavy atom. The van der Waals surface area contributed by atoms with Crippen LogP contribution in [0.5, 0.6) is 0 Å². The van der Waals surface area contributed by atoms with Crippen LogP contribution in [0.1, 0.15) is 24.8 Å². The van der Waals surface area contributed by atoms with E-state index in [1.54, 1.807) is 6.20 Å². The average Bonchev–Trinajstić information content (AvgIpc) is 3.25. The molecule has 0 bridgehead atoms. The number of amides is 4. The number of para-hydroxylation sites is 1. The monoisotopic (exact) mass is 520 g/mol. The number of carboxylic acids is 1. The van der Waals surface area contributed by atoms with Crippen LogP contribution in [0.2, 0.25) is 0 Å². The normalized spacial score (nSPS) is 13.4. The van der Waals surface area contributed by atoms with Crippen molar-refractivity contribution < 1.29 is 29.1 Å². The number of carbonyl (C=O) groups excluding carboxylic acids is 4. The van der Waals surface area contributed by atoms with Crippen LogP contribution in [-0.2, 0) is 30.4 Å². The summed E-state index contributed by atoms with van der Waals surface area (Å²) in [4.78, 5) is 63.5. The Kier molecular flexibility index (Phi) is 11.2. The smallest absolute Gasteiger partial charge is 0.326 e.